The maximum atomic E-state index is 12.1. The van der Waals surface area contributed by atoms with Crippen LogP contribution in [0.1, 0.15) is 11.7 Å². The number of hydrogen-bond acceptors (Lipinski definition) is 3. The van der Waals surface area contributed by atoms with E-state index in [-0.39, 0.29) is 10.6 Å². The van der Waals surface area contributed by atoms with Gasteiger partial charge < -0.3 is 5.11 Å². The number of rotatable bonds is 4. The largest absolute Gasteiger partial charge is 0.387 e. The van der Waals surface area contributed by atoms with Gasteiger partial charge in [0.15, 0.2) is 9.84 Å². The second-order valence-corrected chi connectivity index (χ2v) is 6.64. The first kappa shape index (κ1) is 14.1. The molecule has 0 aliphatic rings. The number of sulfone groups is 1. The summed E-state index contributed by atoms with van der Waals surface area (Å²) in [5.41, 5.74) is 0.577. The number of aliphatic hydroxyl groups is 1. The summed E-state index contributed by atoms with van der Waals surface area (Å²) in [7, 11) is -3.56. The molecule has 1 N–H and O–H groups in total. The average molecular weight is 297 g/mol. The lowest BCUT2D eigenvalue weighted by atomic mass is 10.1. The molecule has 0 spiro atoms. The van der Waals surface area contributed by atoms with Crippen molar-refractivity contribution in [2.24, 2.45) is 0 Å². The van der Waals surface area contributed by atoms with Crippen LogP contribution >= 0.6 is 11.6 Å². The van der Waals surface area contributed by atoms with Gasteiger partial charge >= 0.3 is 0 Å². The lowest BCUT2D eigenvalue weighted by Gasteiger charge is -2.11. The van der Waals surface area contributed by atoms with Crippen molar-refractivity contribution < 1.29 is 13.5 Å². The minimum Gasteiger partial charge on any atom is -0.387 e. The standard InChI is InChI=1S/C14H13ClO3S/c15-12-7-4-8-13(9-12)19(17,18)10-14(16)11-5-2-1-3-6-11/h1-9,14,16H,10H2. The highest BCUT2D eigenvalue weighted by Crippen LogP contribution is 2.21. The third-order valence-corrected chi connectivity index (χ3v) is 4.68. The lowest BCUT2D eigenvalue weighted by molar-refractivity contribution is 0.201. The number of halogens is 1. The molecule has 1 atom stereocenters. The second kappa shape index (κ2) is 5.74. The first-order valence-electron chi connectivity index (χ1n) is 5.70. The molecule has 19 heavy (non-hydrogen) atoms. The van der Waals surface area contributed by atoms with E-state index >= 15 is 0 Å². The van der Waals surface area contributed by atoms with Gasteiger partial charge in [-0.05, 0) is 23.8 Å². The molecule has 5 heteroatoms. The van der Waals surface area contributed by atoms with Gasteiger partial charge in [0.25, 0.3) is 0 Å². The molecule has 0 radical (unpaired) electrons. The predicted molar refractivity (Wildman–Crippen MR) is 74.9 cm³/mol. The van der Waals surface area contributed by atoms with E-state index in [9.17, 15) is 13.5 Å². The van der Waals surface area contributed by atoms with Gasteiger partial charge in [-0.2, -0.15) is 0 Å². The Balaban J connectivity index is 2.23. The smallest absolute Gasteiger partial charge is 0.181 e. The third-order valence-electron chi connectivity index (χ3n) is 2.72. The molecule has 2 aromatic rings. The van der Waals surface area contributed by atoms with Gasteiger partial charge in [-0.15, -0.1) is 0 Å². The fourth-order valence-electron chi connectivity index (χ4n) is 1.74. The van der Waals surface area contributed by atoms with Gasteiger partial charge in [0.1, 0.15) is 0 Å². The van der Waals surface area contributed by atoms with Crippen molar-refractivity contribution in [3.63, 3.8) is 0 Å². The van der Waals surface area contributed by atoms with Crippen LogP contribution in [0.3, 0.4) is 0 Å². The van der Waals surface area contributed by atoms with Crippen LogP contribution in [0.4, 0.5) is 0 Å². The van der Waals surface area contributed by atoms with Crippen LogP contribution in [0.15, 0.2) is 59.5 Å². The summed E-state index contributed by atoms with van der Waals surface area (Å²) in [5.74, 6) is -0.364. The molecule has 100 valence electrons. The van der Waals surface area contributed by atoms with Crippen LogP contribution in [0.25, 0.3) is 0 Å². The Morgan fingerprint density at radius 3 is 2.37 bits per heavy atom. The lowest BCUT2D eigenvalue weighted by Crippen LogP contribution is -2.14. The summed E-state index contributed by atoms with van der Waals surface area (Å²) < 4.78 is 24.3. The van der Waals surface area contributed by atoms with Crippen molar-refractivity contribution in [1.82, 2.24) is 0 Å². The number of aliphatic hydroxyl groups excluding tert-OH is 1. The molecule has 0 fully saturated rings. The molecule has 0 aromatic heterocycles. The molecule has 3 nitrogen and oxygen atoms in total. The maximum Gasteiger partial charge on any atom is 0.181 e. The monoisotopic (exact) mass is 296 g/mol. The SMILES string of the molecule is O=S(=O)(CC(O)c1ccccc1)c1cccc(Cl)c1. The van der Waals surface area contributed by atoms with Gasteiger partial charge in [-0.1, -0.05) is 48.0 Å². The van der Waals surface area contributed by atoms with E-state index in [0.717, 1.165) is 0 Å². The molecule has 0 bridgehead atoms. The van der Waals surface area contributed by atoms with Crippen molar-refractivity contribution >= 4 is 21.4 Å². The fraction of sp³-hybridized carbons (Fsp3) is 0.143. The zero-order chi connectivity index (χ0) is 13.9. The summed E-state index contributed by atoms with van der Waals surface area (Å²) in [5, 5.41) is 10.3. The summed E-state index contributed by atoms with van der Waals surface area (Å²) in [6, 6.07) is 14.7. The van der Waals surface area contributed by atoms with E-state index < -0.39 is 15.9 Å². The summed E-state index contributed by atoms with van der Waals surface area (Å²) in [6.45, 7) is 0. The highest BCUT2D eigenvalue weighted by Gasteiger charge is 2.20. The second-order valence-electron chi connectivity index (χ2n) is 4.17. The van der Waals surface area contributed by atoms with Crippen molar-refractivity contribution in [2.45, 2.75) is 11.0 Å². The van der Waals surface area contributed by atoms with Crippen molar-refractivity contribution in [1.29, 1.82) is 0 Å². The van der Waals surface area contributed by atoms with Crippen LogP contribution in [-0.2, 0) is 9.84 Å². The molecule has 1 unspecified atom stereocenters. The van der Waals surface area contributed by atoms with E-state index in [1.165, 1.54) is 12.1 Å². The predicted octanol–water partition coefficient (Wildman–Crippen LogP) is 2.85. The first-order valence-corrected chi connectivity index (χ1v) is 7.73. The molecule has 2 aromatic carbocycles. The van der Waals surface area contributed by atoms with E-state index in [2.05, 4.69) is 0 Å². The summed E-state index contributed by atoms with van der Waals surface area (Å²) in [6.07, 6.45) is -1.05. The quantitative estimate of drug-likeness (QED) is 0.944. The molecule has 0 saturated carbocycles. The van der Waals surface area contributed by atoms with Gasteiger partial charge in [-0.3, -0.25) is 0 Å². The Morgan fingerprint density at radius 2 is 1.74 bits per heavy atom. The Kier molecular flexibility index (Phi) is 4.24. The van der Waals surface area contributed by atoms with Crippen LogP contribution < -0.4 is 0 Å². The van der Waals surface area contributed by atoms with E-state index in [1.807, 2.05) is 6.07 Å². The molecular formula is C14H13ClO3S. The van der Waals surface area contributed by atoms with Gasteiger partial charge in [0.2, 0.25) is 0 Å². The third kappa shape index (κ3) is 3.56. The molecule has 0 aliphatic carbocycles. The van der Waals surface area contributed by atoms with Gasteiger partial charge in [-0.25, -0.2) is 8.42 Å². The van der Waals surface area contributed by atoms with E-state index in [4.69, 9.17) is 11.6 Å². The maximum absolute atomic E-state index is 12.1. The molecule has 0 aliphatic heterocycles. The summed E-state index contributed by atoms with van der Waals surface area (Å²) in [4.78, 5) is 0.120. The summed E-state index contributed by atoms with van der Waals surface area (Å²) >= 11 is 5.78. The average Bonchev–Trinajstić information content (AvgIpc) is 2.39. The zero-order valence-electron chi connectivity index (χ0n) is 10.0. The van der Waals surface area contributed by atoms with Crippen LogP contribution in [-0.4, -0.2) is 19.3 Å². The van der Waals surface area contributed by atoms with Crippen molar-refractivity contribution in [3.8, 4) is 0 Å². The minimum atomic E-state index is -3.56. The van der Waals surface area contributed by atoms with Crippen molar-refractivity contribution in [3.05, 3.63) is 65.2 Å². The Bertz CT molecular complexity index is 653. The normalized spacial score (nSPS) is 13.2. The number of benzene rings is 2. The molecule has 0 saturated heterocycles. The minimum absolute atomic E-state index is 0.120. The van der Waals surface area contributed by atoms with Gasteiger partial charge in [0, 0.05) is 5.02 Å². The molecular weight excluding hydrogens is 284 g/mol. The Hall–Kier alpha value is -1.36. The fourth-order valence-corrected chi connectivity index (χ4v) is 3.38. The van der Waals surface area contributed by atoms with E-state index in [0.29, 0.717) is 10.6 Å². The Labute approximate surface area is 117 Å². The topological polar surface area (TPSA) is 54.4 Å². The van der Waals surface area contributed by atoms with E-state index in [1.54, 1.807) is 36.4 Å². The molecule has 0 amide bonds. The zero-order valence-corrected chi connectivity index (χ0v) is 11.6. The Morgan fingerprint density at radius 1 is 1.05 bits per heavy atom. The number of hydrogen-bond donors (Lipinski definition) is 1. The van der Waals surface area contributed by atoms with Crippen LogP contribution in [0.2, 0.25) is 5.02 Å². The van der Waals surface area contributed by atoms with Crippen molar-refractivity contribution in [2.75, 3.05) is 5.75 Å². The molecule has 0 heterocycles. The highest BCUT2D eigenvalue weighted by molar-refractivity contribution is 7.91. The van der Waals surface area contributed by atoms with Crippen LogP contribution in [0, 0.1) is 0 Å². The highest BCUT2D eigenvalue weighted by atomic mass is 35.5. The van der Waals surface area contributed by atoms with Crippen LogP contribution in [0.5, 0.6) is 0 Å². The van der Waals surface area contributed by atoms with Gasteiger partial charge in [0.05, 0.1) is 16.8 Å². The first-order chi connectivity index (χ1) is 8.99. The molecule has 2 rings (SSSR count).